The molecule has 0 fully saturated rings. The lowest BCUT2D eigenvalue weighted by molar-refractivity contribution is 0.414. The number of methoxy groups -OCH3 is 2. The van der Waals surface area contributed by atoms with Gasteiger partial charge in [-0.1, -0.05) is 67.2 Å². The van der Waals surface area contributed by atoms with E-state index in [0.717, 1.165) is 11.4 Å². The Balaban J connectivity index is 0.00000209. The second kappa shape index (κ2) is 24.4. The van der Waals surface area contributed by atoms with E-state index in [4.69, 9.17) is 37.1 Å². The number of nitrogens with zero attached hydrogens (tertiary/aromatic N) is 9. The minimum Gasteiger partial charge on any atom is -0.494 e. The molecule has 0 aliphatic rings. The standard InChI is InChI=1S/C47H51N11O8S3.O3S/c1-8-57(9-2)39-25-35(37(27-41(39)65-6)55-53-33-21-23-43(68(59,60)61)31-19-15-13-17-29(31)33)48-45-50-46(52-47(51-45)67-12-5)49-36-26-40(58(10-3)11-4)42(66-7)28-38(36)56-54-34-22-24-44(69(62,63)64)32-20-16-14-18-30(32)34;1-4(2)3/h13-28H,8-12H2,1-7H3,(H,59,60,61)(H,62,63,64)(H2,48,49,50,51,52);. The lowest BCUT2D eigenvalue weighted by Gasteiger charge is -2.25. The van der Waals surface area contributed by atoms with Crippen molar-refractivity contribution in [1.82, 2.24) is 15.0 Å². The molecule has 0 aliphatic heterocycles. The summed E-state index contributed by atoms with van der Waals surface area (Å²) in [6.07, 6.45) is 0. The lowest BCUT2D eigenvalue weighted by atomic mass is 10.1. The van der Waals surface area contributed by atoms with E-state index in [1.165, 1.54) is 36.0 Å². The molecule has 22 nitrogen and oxygen atoms in total. The van der Waals surface area contributed by atoms with Crippen molar-refractivity contribution in [3.05, 3.63) is 97.1 Å². The molecule has 26 heteroatoms. The number of hydrogen-bond donors (Lipinski definition) is 4. The van der Waals surface area contributed by atoms with E-state index in [1.54, 1.807) is 74.9 Å². The largest absolute Gasteiger partial charge is 0.494 e. The van der Waals surface area contributed by atoms with Gasteiger partial charge < -0.3 is 29.9 Å². The smallest absolute Gasteiger partial charge is 0.425 e. The fraction of sp³-hybridized carbons (Fsp3) is 0.255. The Morgan fingerprint density at radius 2 is 0.904 bits per heavy atom. The Labute approximate surface area is 427 Å². The summed E-state index contributed by atoms with van der Waals surface area (Å²) < 4.78 is 106. The Morgan fingerprint density at radius 3 is 1.23 bits per heavy atom. The van der Waals surface area contributed by atoms with E-state index in [9.17, 15) is 25.9 Å². The Morgan fingerprint density at radius 1 is 0.548 bits per heavy atom. The van der Waals surface area contributed by atoms with Gasteiger partial charge in [0.1, 0.15) is 32.7 Å². The van der Waals surface area contributed by atoms with Crippen molar-refractivity contribution in [1.29, 1.82) is 0 Å². The number of ether oxygens (including phenoxy) is 2. The number of anilines is 6. The van der Waals surface area contributed by atoms with E-state index in [2.05, 4.69) is 40.9 Å². The van der Waals surface area contributed by atoms with Crippen LogP contribution < -0.4 is 29.9 Å². The summed E-state index contributed by atoms with van der Waals surface area (Å²) in [5.74, 6) is 2.00. The number of nitrogens with one attached hydrogen (secondary N) is 2. The molecule has 0 atom stereocenters. The SMILES string of the molecule is CCSc1nc(Nc2cc(N(CC)CC)c(OC)cc2N=Nc2ccc(S(=O)(=O)O)c3ccccc23)nc(Nc2cc(N(CC)CC)c(OC)cc2N=Nc2ccc(S(=O)(=O)O)c3ccccc23)n1.O=S(=O)=O. The zero-order valence-electron chi connectivity index (χ0n) is 40.5. The molecule has 6 aromatic carbocycles. The molecule has 4 N–H and O–H groups in total. The number of thioether (sulfide) groups is 1. The molecule has 0 saturated carbocycles. The van der Waals surface area contributed by atoms with Gasteiger partial charge in [-0.3, -0.25) is 9.11 Å². The fourth-order valence-electron chi connectivity index (χ4n) is 7.68. The first-order valence-electron chi connectivity index (χ1n) is 22.3. The summed E-state index contributed by atoms with van der Waals surface area (Å²) in [4.78, 5) is 18.1. The van der Waals surface area contributed by atoms with Crippen LogP contribution in [0.2, 0.25) is 0 Å². The molecule has 0 bridgehead atoms. The van der Waals surface area contributed by atoms with Crippen molar-refractivity contribution in [2.75, 3.05) is 66.6 Å². The number of rotatable bonds is 20. The summed E-state index contributed by atoms with van der Waals surface area (Å²) in [6, 6.07) is 26.1. The van der Waals surface area contributed by atoms with Crippen LogP contribution in [-0.2, 0) is 30.8 Å². The molecule has 0 spiro atoms. The average molecular weight is 1070 g/mol. The van der Waals surface area contributed by atoms with Gasteiger partial charge in [-0.05, 0) is 69.8 Å². The van der Waals surface area contributed by atoms with Gasteiger partial charge in [0.25, 0.3) is 20.2 Å². The van der Waals surface area contributed by atoms with Crippen LogP contribution in [0.3, 0.4) is 0 Å². The second-order valence-corrected chi connectivity index (χ2v) is 19.6. The molecule has 1 aromatic heterocycles. The highest BCUT2D eigenvalue weighted by atomic mass is 32.2. The van der Waals surface area contributed by atoms with Crippen molar-refractivity contribution in [3.63, 3.8) is 0 Å². The number of aromatic nitrogens is 3. The van der Waals surface area contributed by atoms with Gasteiger partial charge in [-0.25, -0.2) is 0 Å². The van der Waals surface area contributed by atoms with E-state index < -0.39 is 30.8 Å². The maximum absolute atomic E-state index is 12.2. The maximum Gasteiger partial charge on any atom is 0.425 e. The summed E-state index contributed by atoms with van der Waals surface area (Å²) in [5.41, 5.74) is 3.82. The van der Waals surface area contributed by atoms with Crippen molar-refractivity contribution in [3.8, 4) is 11.5 Å². The monoisotopic (exact) mass is 1070 g/mol. The van der Waals surface area contributed by atoms with Crippen molar-refractivity contribution >= 4 is 122 Å². The summed E-state index contributed by atoms with van der Waals surface area (Å²) in [7, 11) is -9.03. The minimum atomic E-state index is -4.53. The summed E-state index contributed by atoms with van der Waals surface area (Å²) >= 11 is 1.39. The first-order chi connectivity index (χ1) is 34.9. The highest BCUT2D eigenvalue weighted by Gasteiger charge is 2.22. The van der Waals surface area contributed by atoms with E-state index in [0.29, 0.717) is 93.5 Å². The third-order valence-corrected chi connectivity index (χ3v) is 13.5. The van der Waals surface area contributed by atoms with Crippen LogP contribution in [0.15, 0.2) is 132 Å². The maximum atomic E-state index is 12.2. The van der Waals surface area contributed by atoms with Crippen LogP contribution in [0.4, 0.5) is 57.4 Å². The predicted octanol–water partition coefficient (Wildman–Crippen LogP) is 10.8. The number of benzene rings is 6. The molecule has 0 unspecified atom stereocenters. The molecule has 0 saturated heterocycles. The molecule has 7 aromatic rings. The van der Waals surface area contributed by atoms with Gasteiger partial charge in [0.05, 0.1) is 48.3 Å². The number of hydrogen-bond acceptors (Lipinski definition) is 21. The molecule has 384 valence electrons. The van der Waals surface area contributed by atoms with Gasteiger partial charge >= 0.3 is 10.6 Å². The van der Waals surface area contributed by atoms with Gasteiger partial charge in [0.2, 0.25) is 11.9 Å². The number of azo groups is 2. The molecule has 1 heterocycles. The topological polar surface area (TPSA) is 297 Å². The van der Waals surface area contributed by atoms with Crippen LogP contribution >= 0.6 is 11.8 Å². The molecule has 0 aliphatic carbocycles. The first kappa shape index (κ1) is 55.0. The Kier molecular flexibility index (Phi) is 18.4. The van der Waals surface area contributed by atoms with Crippen LogP contribution in [0.5, 0.6) is 11.5 Å². The van der Waals surface area contributed by atoms with Gasteiger partial charge in [-0.15, -0.1) is 33.1 Å². The predicted molar refractivity (Wildman–Crippen MR) is 281 cm³/mol. The molecule has 7 rings (SSSR count). The van der Waals surface area contributed by atoms with Crippen molar-refractivity contribution in [2.24, 2.45) is 20.5 Å². The normalized spacial score (nSPS) is 11.7. The van der Waals surface area contributed by atoms with Crippen LogP contribution in [0.1, 0.15) is 34.6 Å². The Hall–Kier alpha value is -7.36. The fourth-order valence-corrected chi connectivity index (χ4v) is 9.64. The molecular weight excluding hydrogens is 1020 g/mol. The first-order valence-corrected chi connectivity index (χ1v) is 27.2. The third kappa shape index (κ3) is 13.4. The van der Waals surface area contributed by atoms with E-state index in [1.807, 2.05) is 46.8 Å². The van der Waals surface area contributed by atoms with Crippen LogP contribution in [0.25, 0.3) is 21.5 Å². The van der Waals surface area contributed by atoms with Crippen molar-refractivity contribution < 1.29 is 48.0 Å². The molecule has 0 radical (unpaired) electrons. The third-order valence-electron chi connectivity index (χ3n) is 11.0. The van der Waals surface area contributed by atoms with Crippen LogP contribution in [-0.4, -0.2) is 99.7 Å². The van der Waals surface area contributed by atoms with Crippen molar-refractivity contribution in [2.45, 2.75) is 49.6 Å². The molecule has 73 heavy (non-hydrogen) atoms. The molecular formula is C47H51N11O11S4. The van der Waals surface area contributed by atoms with E-state index >= 15 is 0 Å². The quantitative estimate of drug-likeness (QED) is 0.0313. The van der Waals surface area contributed by atoms with Gasteiger partial charge in [0, 0.05) is 59.9 Å². The van der Waals surface area contributed by atoms with E-state index in [-0.39, 0.29) is 32.5 Å². The summed E-state index contributed by atoms with van der Waals surface area (Å²) in [6.45, 7) is 12.8. The Bertz CT molecular complexity index is 3340. The zero-order chi connectivity index (χ0) is 53.0. The zero-order valence-corrected chi connectivity index (χ0v) is 43.8. The highest BCUT2D eigenvalue weighted by molar-refractivity contribution is 7.99. The van der Waals surface area contributed by atoms with Gasteiger partial charge in [-0.2, -0.15) is 31.8 Å². The second-order valence-electron chi connectivity index (χ2n) is 15.2. The average Bonchev–Trinajstić information content (AvgIpc) is 3.35. The molecule has 0 amide bonds. The van der Waals surface area contributed by atoms with Crippen LogP contribution in [0, 0.1) is 0 Å². The lowest BCUT2D eigenvalue weighted by Crippen LogP contribution is -2.22. The summed E-state index contributed by atoms with van der Waals surface area (Å²) in [5, 5.41) is 27.0. The highest BCUT2D eigenvalue weighted by Crippen LogP contribution is 2.44. The van der Waals surface area contributed by atoms with Gasteiger partial charge in [0.15, 0.2) is 5.16 Å². The number of fused-ring (bicyclic) bond motifs is 2. The minimum absolute atomic E-state index is 0.157.